The van der Waals surface area contributed by atoms with Crippen molar-refractivity contribution >= 4 is 9.84 Å². The topological polar surface area (TPSA) is 55.4 Å². The highest BCUT2D eigenvalue weighted by Gasteiger charge is 2.09. The molecule has 19 heavy (non-hydrogen) atoms. The minimum absolute atomic E-state index is 0.0833. The van der Waals surface area contributed by atoms with Crippen molar-refractivity contribution in [2.24, 2.45) is 0 Å². The fourth-order valence-electron chi connectivity index (χ4n) is 1.67. The van der Waals surface area contributed by atoms with Crippen molar-refractivity contribution in [1.82, 2.24) is 5.32 Å². The molecule has 0 saturated heterocycles. The van der Waals surface area contributed by atoms with Gasteiger partial charge in [0.15, 0.2) is 9.84 Å². The molecule has 0 radical (unpaired) electrons. The van der Waals surface area contributed by atoms with Crippen molar-refractivity contribution < 1.29 is 13.2 Å². The van der Waals surface area contributed by atoms with Gasteiger partial charge in [-0.1, -0.05) is 26.0 Å². The maximum atomic E-state index is 11.5. The zero-order valence-electron chi connectivity index (χ0n) is 11.7. The van der Waals surface area contributed by atoms with Crippen LogP contribution in [0.1, 0.15) is 25.8 Å². The fourth-order valence-corrected chi connectivity index (χ4v) is 2.84. The van der Waals surface area contributed by atoms with E-state index in [-0.39, 0.29) is 18.1 Å². The molecule has 0 amide bonds. The molecule has 0 fully saturated rings. The van der Waals surface area contributed by atoms with E-state index in [0.29, 0.717) is 12.2 Å². The lowest BCUT2D eigenvalue weighted by molar-refractivity contribution is 0.340. The molecule has 0 aliphatic carbocycles. The average molecular weight is 285 g/mol. The smallest absolute Gasteiger partial charge is 0.153 e. The van der Waals surface area contributed by atoms with Gasteiger partial charge in [0.25, 0.3) is 0 Å². The van der Waals surface area contributed by atoms with E-state index in [1.807, 2.05) is 31.2 Å². The van der Waals surface area contributed by atoms with Crippen LogP contribution in [0.4, 0.5) is 0 Å². The van der Waals surface area contributed by atoms with E-state index in [2.05, 4.69) is 12.2 Å². The average Bonchev–Trinajstić information content (AvgIpc) is 2.37. The van der Waals surface area contributed by atoms with Crippen molar-refractivity contribution in [3.63, 3.8) is 0 Å². The summed E-state index contributed by atoms with van der Waals surface area (Å²) in [4.78, 5) is 0. The van der Waals surface area contributed by atoms with E-state index in [1.54, 1.807) is 0 Å². The molecule has 0 bridgehead atoms. The number of hydrogen-bond donors (Lipinski definition) is 1. The van der Waals surface area contributed by atoms with E-state index in [9.17, 15) is 8.42 Å². The van der Waals surface area contributed by atoms with Crippen LogP contribution in [0.2, 0.25) is 0 Å². The summed E-state index contributed by atoms with van der Waals surface area (Å²) < 4.78 is 28.5. The van der Waals surface area contributed by atoms with Gasteiger partial charge < -0.3 is 10.1 Å². The Hall–Kier alpha value is -1.07. The molecule has 1 N–H and O–H groups in total. The van der Waals surface area contributed by atoms with Crippen LogP contribution in [0.3, 0.4) is 0 Å². The number of rotatable bonds is 9. The Kier molecular flexibility index (Phi) is 6.87. The molecule has 0 saturated carbocycles. The van der Waals surface area contributed by atoms with Crippen molar-refractivity contribution in [2.75, 3.05) is 24.7 Å². The summed E-state index contributed by atoms with van der Waals surface area (Å²) in [5, 5.41) is 3.24. The van der Waals surface area contributed by atoms with Gasteiger partial charge in [-0.2, -0.15) is 0 Å². The first-order valence-corrected chi connectivity index (χ1v) is 8.52. The highest BCUT2D eigenvalue weighted by Crippen LogP contribution is 2.12. The molecule has 4 nitrogen and oxygen atoms in total. The molecule has 0 aliphatic heterocycles. The van der Waals surface area contributed by atoms with E-state index < -0.39 is 9.84 Å². The second-order valence-corrected chi connectivity index (χ2v) is 6.73. The van der Waals surface area contributed by atoms with E-state index >= 15 is 0 Å². The molecule has 0 heterocycles. The van der Waals surface area contributed by atoms with E-state index in [1.165, 1.54) is 5.56 Å². The summed E-state index contributed by atoms with van der Waals surface area (Å²) in [5.41, 5.74) is 1.19. The van der Waals surface area contributed by atoms with Crippen LogP contribution in [0.15, 0.2) is 24.3 Å². The molecule has 0 atom stereocenters. The standard InChI is InChI=1S/C14H23NO3S/c1-3-10-19(16,17)11-9-18-14-7-5-13(6-8-14)12-15-4-2/h5-8,15H,3-4,9-12H2,1-2H3. The first-order chi connectivity index (χ1) is 9.07. The van der Waals surface area contributed by atoms with Gasteiger partial charge >= 0.3 is 0 Å². The minimum atomic E-state index is -2.96. The Bertz CT molecular complexity index is 454. The van der Waals surface area contributed by atoms with Crippen LogP contribution in [0.5, 0.6) is 5.75 Å². The first-order valence-electron chi connectivity index (χ1n) is 6.70. The Morgan fingerprint density at radius 3 is 2.37 bits per heavy atom. The van der Waals surface area contributed by atoms with Crippen LogP contribution in [-0.2, 0) is 16.4 Å². The number of sulfone groups is 1. The van der Waals surface area contributed by atoms with Gasteiger partial charge in [0.05, 0.1) is 11.5 Å². The Balaban J connectivity index is 2.38. The summed E-state index contributed by atoms with van der Waals surface area (Å²) in [6, 6.07) is 7.72. The summed E-state index contributed by atoms with van der Waals surface area (Å²) in [6.45, 7) is 5.92. The number of nitrogens with one attached hydrogen (secondary N) is 1. The highest BCUT2D eigenvalue weighted by atomic mass is 32.2. The SMILES string of the molecule is CCCS(=O)(=O)CCOc1ccc(CNCC)cc1. The van der Waals surface area contributed by atoms with Crippen molar-refractivity contribution in [3.05, 3.63) is 29.8 Å². The van der Waals surface area contributed by atoms with Gasteiger partial charge in [-0.15, -0.1) is 0 Å². The summed E-state index contributed by atoms with van der Waals surface area (Å²) >= 11 is 0. The van der Waals surface area contributed by atoms with E-state index in [4.69, 9.17) is 4.74 Å². The summed E-state index contributed by atoms with van der Waals surface area (Å²) in [6.07, 6.45) is 0.654. The summed E-state index contributed by atoms with van der Waals surface area (Å²) in [5.74, 6) is 1.03. The highest BCUT2D eigenvalue weighted by molar-refractivity contribution is 7.91. The Morgan fingerprint density at radius 2 is 1.79 bits per heavy atom. The Morgan fingerprint density at radius 1 is 1.11 bits per heavy atom. The monoisotopic (exact) mass is 285 g/mol. The van der Waals surface area contributed by atoms with Crippen LogP contribution in [-0.4, -0.2) is 33.1 Å². The number of hydrogen-bond acceptors (Lipinski definition) is 4. The first kappa shape index (κ1) is 16.0. The third-order valence-electron chi connectivity index (χ3n) is 2.68. The van der Waals surface area contributed by atoms with Gasteiger partial charge in [0, 0.05) is 6.54 Å². The predicted molar refractivity (Wildman–Crippen MR) is 78.3 cm³/mol. The Labute approximate surface area is 116 Å². The normalized spacial score (nSPS) is 11.5. The van der Waals surface area contributed by atoms with Gasteiger partial charge in [-0.05, 0) is 30.7 Å². The molecule has 0 spiro atoms. The number of ether oxygens (including phenoxy) is 1. The molecule has 5 heteroatoms. The lowest BCUT2D eigenvalue weighted by Crippen LogP contribution is -2.16. The quantitative estimate of drug-likeness (QED) is 0.754. The largest absolute Gasteiger partial charge is 0.493 e. The predicted octanol–water partition coefficient (Wildman–Crippen LogP) is 2.00. The van der Waals surface area contributed by atoms with Gasteiger partial charge in [-0.25, -0.2) is 8.42 Å². The second-order valence-electron chi connectivity index (χ2n) is 4.42. The van der Waals surface area contributed by atoms with Crippen LogP contribution in [0, 0.1) is 0 Å². The maximum Gasteiger partial charge on any atom is 0.153 e. The third kappa shape index (κ3) is 6.59. The third-order valence-corrected chi connectivity index (χ3v) is 4.50. The zero-order chi connectivity index (χ0) is 14.1. The van der Waals surface area contributed by atoms with Gasteiger partial charge in [-0.3, -0.25) is 0 Å². The molecular formula is C14H23NO3S. The van der Waals surface area contributed by atoms with E-state index in [0.717, 1.165) is 13.1 Å². The zero-order valence-corrected chi connectivity index (χ0v) is 12.5. The van der Waals surface area contributed by atoms with Gasteiger partial charge in [0.2, 0.25) is 0 Å². The number of benzene rings is 1. The molecule has 0 unspecified atom stereocenters. The molecule has 1 rings (SSSR count). The van der Waals surface area contributed by atoms with Crippen LogP contribution in [0.25, 0.3) is 0 Å². The summed E-state index contributed by atoms with van der Waals surface area (Å²) in [7, 11) is -2.96. The van der Waals surface area contributed by atoms with Crippen LogP contribution < -0.4 is 10.1 Å². The minimum Gasteiger partial charge on any atom is -0.493 e. The lowest BCUT2D eigenvalue weighted by atomic mass is 10.2. The molecule has 1 aromatic rings. The van der Waals surface area contributed by atoms with Crippen molar-refractivity contribution in [2.45, 2.75) is 26.8 Å². The second kappa shape index (κ2) is 8.17. The lowest BCUT2D eigenvalue weighted by Gasteiger charge is -2.08. The van der Waals surface area contributed by atoms with Crippen molar-refractivity contribution in [1.29, 1.82) is 0 Å². The van der Waals surface area contributed by atoms with Crippen molar-refractivity contribution in [3.8, 4) is 5.75 Å². The van der Waals surface area contributed by atoms with Crippen LogP contribution >= 0.6 is 0 Å². The molecule has 1 aromatic carbocycles. The molecule has 108 valence electrons. The fraction of sp³-hybridized carbons (Fsp3) is 0.571. The maximum absolute atomic E-state index is 11.5. The van der Waals surface area contributed by atoms with Gasteiger partial charge in [0.1, 0.15) is 12.4 Å². The molecule has 0 aromatic heterocycles. The molecular weight excluding hydrogens is 262 g/mol. The molecule has 0 aliphatic rings.